The molecule has 156 valence electrons. The number of thioether (sulfide) groups is 1. The molecule has 0 rings (SSSR count). The molecule has 0 radical (unpaired) electrons. The number of aliphatic hydroxyl groups is 1. The Bertz CT molecular complexity index is 517. The molecule has 0 bridgehead atoms. The fourth-order valence-electron chi connectivity index (χ4n) is 2.11. The summed E-state index contributed by atoms with van der Waals surface area (Å²) in [5.41, 5.74) is 5.81. The third kappa shape index (κ3) is 10.8. The largest absolute Gasteiger partial charge is 0.480 e. The van der Waals surface area contributed by atoms with Crippen LogP contribution in [0.2, 0.25) is 0 Å². The number of carbonyl (C=O) groups is 4. The number of carboxylic acid groups (broad SMARTS) is 1. The quantitative estimate of drug-likeness (QED) is 0.210. The van der Waals surface area contributed by atoms with Gasteiger partial charge in [0.1, 0.15) is 18.6 Å². The maximum atomic E-state index is 12.5. The van der Waals surface area contributed by atoms with Gasteiger partial charge in [0.25, 0.3) is 0 Å². The van der Waals surface area contributed by atoms with Crippen molar-refractivity contribution in [1.29, 1.82) is 0 Å². The molecule has 0 aliphatic heterocycles. The fraction of sp³-hybridized carbons (Fsp3) is 0.750. The van der Waals surface area contributed by atoms with E-state index in [0.29, 0.717) is 18.6 Å². The van der Waals surface area contributed by atoms with E-state index in [1.54, 1.807) is 11.8 Å². The number of aliphatic hydroxyl groups excluding tert-OH is 1. The molecule has 0 heterocycles. The molecule has 0 aliphatic carbocycles. The molecule has 0 aliphatic rings. The molecule has 3 atom stereocenters. The molecular weight excluding hydrogens is 376 g/mol. The standard InChI is InChI=1S/C16H30N4O6S/c1-9(2)6-11(19-14(24)10(17)4-5-27-3)16(26)20-12(8-21)15(25)18-7-13(22)23/h9-12,21H,4-8,17H2,1-3H3,(H,18,25)(H,19,24)(H,20,26)(H,22,23). The zero-order valence-electron chi connectivity index (χ0n) is 15.9. The number of carbonyl (C=O) groups excluding carboxylic acids is 3. The van der Waals surface area contributed by atoms with Gasteiger partial charge >= 0.3 is 5.97 Å². The van der Waals surface area contributed by atoms with Gasteiger partial charge in [-0.25, -0.2) is 0 Å². The topological polar surface area (TPSA) is 171 Å². The van der Waals surface area contributed by atoms with Gasteiger partial charge in [0, 0.05) is 0 Å². The first-order chi connectivity index (χ1) is 12.6. The van der Waals surface area contributed by atoms with Crippen molar-refractivity contribution in [2.75, 3.05) is 25.2 Å². The van der Waals surface area contributed by atoms with Crippen molar-refractivity contribution >= 4 is 35.5 Å². The van der Waals surface area contributed by atoms with Crippen LogP contribution in [-0.4, -0.2) is 77.2 Å². The van der Waals surface area contributed by atoms with Gasteiger partial charge < -0.3 is 31.9 Å². The number of nitrogens with one attached hydrogen (secondary N) is 3. The summed E-state index contributed by atoms with van der Waals surface area (Å²) in [5.74, 6) is -2.45. The van der Waals surface area contributed by atoms with Crippen LogP contribution in [0, 0.1) is 5.92 Å². The van der Waals surface area contributed by atoms with Gasteiger partial charge in [-0.15, -0.1) is 0 Å². The van der Waals surface area contributed by atoms with Crippen molar-refractivity contribution in [2.24, 2.45) is 11.7 Å². The van der Waals surface area contributed by atoms with Crippen LogP contribution in [0.5, 0.6) is 0 Å². The van der Waals surface area contributed by atoms with Crippen LogP contribution < -0.4 is 21.7 Å². The predicted molar refractivity (Wildman–Crippen MR) is 102 cm³/mol. The van der Waals surface area contributed by atoms with Gasteiger partial charge in [-0.3, -0.25) is 19.2 Å². The van der Waals surface area contributed by atoms with Crippen LogP contribution >= 0.6 is 11.8 Å². The lowest BCUT2D eigenvalue weighted by Gasteiger charge is -2.24. The summed E-state index contributed by atoms with van der Waals surface area (Å²) in [6.07, 6.45) is 2.66. The summed E-state index contributed by atoms with van der Waals surface area (Å²) in [6, 6.07) is -3.01. The summed E-state index contributed by atoms with van der Waals surface area (Å²) < 4.78 is 0. The maximum absolute atomic E-state index is 12.5. The third-order valence-electron chi connectivity index (χ3n) is 3.54. The van der Waals surface area contributed by atoms with Crippen LogP contribution in [0.1, 0.15) is 26.7 Å². The highest BCUT2D eigenvalue weighted by atomic mass is 32.2. The van der Waals surface area contributed by atoms with E-state index < -0.39 is 55.0 Å². The summed E-state index contributed by atoms with van der Waals surface area (Å²) in [5, 5.41) is 24.9. The van der Waals surface area contributed by atoms with E-state index in [4.69, 9.17) is 10.8 Å². The summed E-state index contributed by atoms with van der Waals surface area (Å²) in [7, 11) is 0. The molecule has 3 unspecified atom stereocenters. The second kappa shape index (κ2) is 13.3. The van der Waals surface area contributed by atoms with E-state index in [-0.39, 0.29) is 5.92 Å². The van der Waals surface area contributed by atoms with Crippen molar-refractivity contribution in [3.8, 4) is 0 Å². The second-order valence-electron chi connectivity index (χ2n) is 6.43. The molecule has 11 heteroatoms. The van der Waals surface area contributed by atoms with Gasteiger partial charge in [-0.2, -0.15) is 11.8 Å². The average Bonchev–Trinajstić information content (AvgIpc) is 2.60. The molecular formula is C16H30N4O6S. The maximum Gasteiger partial charge on any atom is 0.322 e. The van der Waals surface area contributed by atoms with Crippen LogP contribution in [-0.2, 0) is 19.2 Å². The SMILES string of the molecule is CSCCC(N)C(=O)NC(CC(C)C)C(=O)NC(CO)C(=O)NCC(=O)O. The Morgan fingerprint density at radius 3 is 2.11 bits per heavy atom. The van der Waals surface area contributed by atoms with Crippen molar-refractivity contribution in [3.05, 3.63) is 0 Å². The van der Waals surface area contributed by atoms with Gasteiger partial charge in [0.05, 0.1) is 12.6 Å². The molecule has 7 N–H and O–H groups in total. The lowest BCUT2D eigenvalue weighted by Crippen LogP contribution is -2.57. The first kappa shape index (κ1) is 25.1. The van der Waals surface area contributed by atoms with E-state index >= 15 is 0 Å². The van der Waals surface area contributed by atoms with Crippen molar-refractivity contribution in [1.82, 2.24) is 16.0 Å². The zero-order valence-corrected chi connectivity index (χ0v) is 16.7. The second-order valence-corrected chi connectivity index (χ2v) is 7.42. The van der Waals surface area contributed by atoms with E-state index in [1.165, 1.54) is 0 Å². The number of carboxylic acids is 1. The highest BCUT2D eigenvalue weighted by Gasteiger charge is 2.28. The van der Waals surface area contributed by atoms with E-state index in [9.17, 15) is 24.3 Å². The molecule has 0 aromatic carbocycles. The zero-order chi connectivity index (χ0) is 21.0. The van der Waals surface area contributed by atoms with Crippen LogP contribution in [0.25, 0.3) is 0 Å². The Labute approximate surface area is 163 Å². The Morgan fingerprint density at radius 2 is 1.63 bits per heavy atom. The predicted octanol–water partition coefficient (Wildman–Crippen LogP) is -1.72. The van der Waals surface area contributed by atoms with Crippen molar-refractivity contribution in [3.63, 3.8) is 0 Å². The van der Waals surface area contributed by atoms with E-state index in [2.05, 4.69) is 16.0 Å². The lowest BCUT2D eigenvalue weighted by molar-refractivity contribution is -0.139. The molecule has 0 aromatic heterocycles. The van der Waals surface area contributed by atoms with Crippen LogP contribution in [0.3, 0.4) is 0 Å². The molecule has 3 amide bonds. The van der Waals surface area contributed by atoms with Crippen LogP contribution in [0.15, 0.2) is 0 Å². The molecule has 27 heavy (non-hydrogen) atoms. The number of rotatable bonds is 13. The Kier molecular flexibility index (Phi) is 12.4. The van der Waals surface area contributed by atoms with Gasteiger partial charge in [0.2, 0.25) is 17.7 Å². The lowest BCUT2D eigenvalue weighted by atomic mass is 10.0. The summed E-state index contributed by atoms with van der Waals surface area (Å²) in [6.45, 7) is 2.38. The minimum Gasteiger partial charge on any atom is -0.480 e. The first-order valence-electron chi connectivity index (χ1n) is 8.57. The van der Waals surface area contributed by atoms with Gasteiger partial charge in [-0.1, -0.05) is 13.8 Å². The smallest absolute Gasteiger partial charge is 0.322 e. The van der Waals surface area contributed by atoms with Gasteiger partial charge in [0.15, 0.2) is 0 Å². The molecule has 10 nitrogen and oxygen atoms in total. The normalized spacial score (nSPS) is 14.1. The van der Waals surface area contributed by atoms with Crippen molar-refractivity contribution in [2.45, 2.75) is 44.8 Å². The minimum absolute atomic E-state index is 0.0666. The van der Waals surface area contributed by atoms with E-state index in [0.717, 1.165) is 0 Å². The number of hydrogen-bond donors (Lipinski definition) is 6. The highest BCUT2D eigenvalue weighted by Crippen LogP contribution is 2.07. The fourth-order valence-corrected chi connectivity index (χ4v) is 2.60. The summed E-state index contributed by atoms with van der Waals surface area (Å²) in [4.78, 5) is 47.0. The minimum atomic E-state index is -1.33. The molecule has 0 spiro atoms. The summed E-state index contributed by atoms with van der Waals surface area (Å²) >= 11 is 1.55. The molecule has 0 fully saturated rings. The molecule has 0 saturated heterocycles. The number of hydrogen-bond acceptors (Lipinski definition) is 7. The van der Waals surface area contributed by atoms with Gasteiger partial charge in [-0.05, 0) is 30.8 Å². The third-order valence-corrected chi connectivity index (χ3v) is 4.18. The number of nitrogens with two attached hydrogens (primary N) is 1. The molecule has 0 saturated carbocycles. The van der Waals surface area contributed by atoms with E-state index in [1.807, 2.05) is 20.1 Å². The van der Waals surface area contributed by atoms with Crippen molar-refractivity contribution < 1.29 is 29.4 Å². The highest BCUT2D eigenvalue weighted by molar-refractivity contribution is 7.98. The van der Waals surface area contributed by atoms with Crippen LogP contribution in [0.4, 0.5) is 0 Å². The Balaban J connectivity index is 4.95. The number of amides is 3. The monoisotopic (exact) mass is 406 g/mol. The Morgan fingerprint density at radius 1 is 1.04 bits per heavy atom. The number of aliphatic carboxylic acids is 1. The molecule has 0 aromatic rings. The Hall–Kier alpha value is -1.85. The first-order valence-corrected chi connectivity index (χ1v) is 9.97. The average molecular weight is 407 g/mol.